The van der Waals surface area contributed by atoms with Crippen LogP contribution in [0.3, 0.4) is 0 Å². The Morgan fingerprint density at radius 3 is 1.27 bits per heavy atom. The maximum absolute atomic E-state index is 2.50. The van der Waals surface area contributed by atoms with Crippen LogP contribution in [0.1, 0.15) is 0 Å². The average molecular weight is 941 g/mol. The monoisotopic (exact) mass is 940 g/mol. The lowest BCUT2D eigenvalue weighted by Gasteiger charge is -2.18. The fraction of sp³-hybridized carbons (Fsp3) is 0. The number of hydrogen-bond acceptors (Lipinski definition) is 0. The van der Waals surface area contributed by atoms with Gasteiger partial charge < -0.3 is 18.3 Å². The topological polar surface area (TPSA) is 19.7 Å². The van der Waals surface area contributed by atoms with E-state index in [2.05, 4.69) is 285 Å². The quantitative estimate of drug-likeness (QED) is 0.157. The van der Waals surface area contributed by atoms with Crippen LogP contribution in [0.4, 0.5) is 0 Å². The summed E-state index contributed by atoms with van der Waals surface area (Å²) >= 11 is 0. The molecular formula is C70H44N4. The van der Waals surface area contributed by atoms with Crippen molar-refractivity contribution in [3.05, 3.63) is 267 Å². The summed E-state index contributed by atoms with van der Waals surface area (Å²) < 4.78 is 9.88. The van der Waals surface area contributed by atoms with Crippen LogP contribution >= 0.6 is 0 Å². The summed E-state index contributed by atoms with van der Waals surface area (Å²) in [5.41, 5.74) is 13.6. The zero-order valence-corrected chi connectivity index (χ0v) is 40.2. The molecule has 16 aromatic rings. The molecule has 4 nitrogen and oxygen atoms in total. The van der Waals surface area contributed by atoms with Crippen LogP contribution < -0.4 is 0 Å². The summed E-state index contributed by atoms with van der Waals surface area (Å²) in [6.07, 6.45) is 0. The van der Waals surface area contributed by atoms with E-state index in [4.69, 9.17) is 0 Å². The summed E-state index contributed by atoms with van der Waals surface area (Å²) in [5, 5.41) is 16.8. The zero-order valence-electron chi connectivity index (χ0n) is 40.2. The van der Waals surface area contributed by atoms with E-state index in [-0.39, 0.29) is 0 Å². The first-order valence-corrected chi connectivity index (χ1v) is 25.5. The third-order valence-electron chi connectivity index (χ3n) is 15.7. The Hall–Kier alpha value is -9.90. The van der Waals surface area contributed by atoms with Crippen LogP contribution in [0.15, 0.2) is 267 Å². The molecule has 0 fully saturated rings. The SMILES string of the molecule is c1ccc2c(-n3c4ccccc4c4cc(-n5c6cccc(c6)c6cccc(c6)n(-c6cccc7c8ccccc8n(-c8cccc9ccccc89)c67)c6ccc7ccc8ccc5cc8c7c6)ccc43)cccc2c1. The highest BCUT2D eigenvalue weighted by molar-refractivity contribution is 6.15. The maximum atomic E-state index is 2.50. The molecule has 0 unspecified atom stereocenters. The Labute approximate surface area is 425 Å². The minimum Gasteiger partial charge on any atom is -0.310 e. The van der Waals surface area contributed by atoms with Crippen molar-refractivity contribution in [3.8, 4) is 22.7 Å². The third-order valence-corrected chi connectivity index (χ3v) is 15.7. The number of fused-ring (bicyclic) bond motifs is 15. The smallest absolute Gasteiger partial charge is 0.0782 e. The van der Waals surface area contributed by atoms with Gasteiger partial charge in [-0.2, -0.15) is 0 Å². The fourth-order valence-electron chi connectivity index (χ4n) is 12.4. The largest absolute Gasteiger partial charge is 0.310 e. The molecule has 74 heavy (non-hydrogen) atoms. The highest BCUT2D eigenvalue weighted by atomic mass is 15.0. The van der Waals surface area contributed by atoms with Gasteiger partial charge in [-0.15, -0.1) is 0 Å². The zero-order chi connectivity index (χ0) is 48.4. The van der Waals surface area contributed by atoms with Crippen molar-refractivity contribution >= 4 is 120 Å². The van der Waals surface area contributed by atoms with Crippen molar-refractivity contribution in [2.45, 2.75) is 0 Å². The van der Waals surface area contributed by atoms with Gasteiger partial charge in [-0.05, 0) is 140 Å². The van der Waals surface area contributed by atoms with Crippen molar-refractivity contribution in [1.29, 1.82) is 0 Å². The summed E-state index contributed by atoms with van der Waals surface area (Å²) in [6, 6.07) is 99.1. The normalized spacial score (nSPS) is 12.1. The minimum absolute atomic E-state index is 1.08. The standard InChI is InChI=1S/C70H44N4/c1-3-22-56-45(14-1)16-11-29-64(56)73-66-27-7-6-25-59(66)63-44-54(38-39-68(63)73)71-51-20-9-18-49(40-51)50-19-10-21-52(41-50)72(55-37-35-48-33-32-47-34-36-53(71)42-61(47)62(48)43-55)69-31-13-26-60-58-24-5-8-28-67(58)74(70(60)69)65-30-12-17-46-15-2-4-23-57(46)65/h1-44H. The molecule has 0 aliphatic rings. The van der Waals surface area contributed by atoms with E-state index in [0.717, 1.165) is 55.4 Å². The van der Waals surface area contributed by atoms with Crippen LogP contribution in [0.25, 0.3) is 142 Å². The van der Waals surface area contributed by atoms with Gasteiger partial charge in [-0.25, -0.2) is 0 Å². The summed E-state index contributed by atoms with van der Waals surface area (Å²) in [6.45, 7) is 0. The van der Waals surface area contributed by atoms with Crippen LogP contribution in [0, 0.1) is 0 Å². The molecular weight excluding hydrogens is 897 g/mol. The molecule has 13 aromatic carbocycles. The van der Waals surface area contributed by atoms with E-state index < -0.39 is 0 Å². The molecule has 0 atom stereocenters. The summed E-state index contributed by atoms with van der Waals surface area (Å²) in [5.74, 6) is 0. The third kappa shape index (κ3) is 6.03. The molecule has 3 aromatic heterocycles. The van der Waals surface area contributed by atoms with Crippen LogP contribution in [0.2, 0.25) is 0 Å². The minimum atomic E-state index is 1.08. The molecule has 344 valence electrons. The molecule has 0 aliphatic carbocycles. The molecule has 0 spiro atoms. The molecule has 0 saturated heterocycles. The van der Waals surface area contributed by atoms with Gasteiger partial charge in [-0.1, -0.05) is 170 Å². The predicted molar refractivity (Wildman–Crippen MR) is 314 cm³/mol. The molecule has 8 bridgehead atoms. The number of benzene rings is 13. The number of para-hydroxylation sites is 3. The summed E-state index contributed by atoms with van der Waals surface area (Å²) in [7, 11) is 0. The van der Waals surface area contributed by atoms with E-state index in [9.17, 15) is 0 Å². The maximum Gasteiger partial charge on any atom is 0.0782 e. The van der Waals surface area contributed by atoms with Gasteiger partial charge in [0.05, 0.1) is 39.1 Å². The molecule has 3 heterocycles. The van der Waals surface area contributed by atoms with Gasteiger partial charge in [-0.3, -0.25) is 0 Å². The van der Waals surface area contributed by atoms with Gasteiger partial charge in [0.2, 0.25) is 0 Å². The van der Waals surface area contributed by atoms with Crippen molar-refractivity contribution in [3.63, 3.8) is 0 Å². The highest BCUT2D eigenvalue weighted by Crippen LogP contribution is 2.41. The van der Waals surface area contributed by atoms with E-state index >= 15 is 0 Å². The van der Waals surface area contributed by atoms with E-state index in [1.165, 1.54) is 86.9 Å². The average Bonchev–Trinajstić information content (AvgIpc) is 3.98. The molecule has 0 saturated carbocycles. The van der Waals surface area contributed by atoms with Crippen molar-refractivity contribution in [1.82, 2.24) is 18.3 Å². The van der Waals surface area contributed by atoms with E-state index in [1.807, 2.05) is 0 Å². The number of aromatic nitrogens is 4. The Morgan fingerprint density at radius 1 is 0.189 bits per heavy atom. The predicted octanol–water partition coefficient (Wildman–Crippen LogP) is 18.7. The second-order valence-corrected chi connectivity index (χ2v) is 19.7. The lowest BCUT2D eigenvalue weighted by Crippen LogP contribution is -2.02. The molecule has 0 aliphatic heterocycles. The van der Waals surface area contributed by atoms with Gasteiger partial charge in [0, 0.05) is 60.1 Å². The number of rotatable bonds is 4. The molecule has 4 heteroatoms. The van der Waals surface area contributed by atoms with E-state index in [0.29, 0.717) is 0 Å². The lowest BCUT2D eigenvalue weighted by atomic mass is 10.0. The molecule has 0 radical (unpaired) electrons. The van der Waals surface area contributed by atoms with Gasteiger partial charge in [0.1, 0.15) is 0 Å². The first-order chi connectivity index (χ1) is 36.7. The first-order valence-electron chi connectivity index (χ1n) is 25.5. The number of nitrogens with zero attached hydrogens (tertiary/aromatic N) is 4. The fourth-order valence-corrected chi connectivity index (χ4v) is 12.4. The second-order valence-electron chi connectivity index (χ2n) is 19.7. The van der Waals surface area contributed by atoms with Crippen molar-refractivity contribution in [2.24, 2.45) is 0 Å². The molecule has 0 N–H and O–H groups in total. The van der Waals surface area contributed by atoms with Gasteiger partial charge in [0.15, 0.2) is 0 Å². The van der Waals surface area contributed by atoms with Crippen LogP contribution in [0.5, 0.6) is 0 Å². The van der Waals surface area contributed by atoms with Crippen LogP contribution in [-0.4, -0.2) is 18.3 Å². The second kappa shape index (κ2) is 15.8. The van der Waals surface area contributed by atoms with Crippen molar-refractivity contribution < 1.29 is 0 Å². The Balaban J connectivity index is 1.01. The summed E-state index contributed by atoms with van der Waals surface area (Å²) in [4.78, 5) is 0. The first kappa shape index (κ1) is 40.8. The molecule has 16 rings (SSSR count). The Morgan fingerprint density at radius 2 is 0.608 bits per heavy atom. The van der Waals surface area contributed by atoms with Crippen molar-refractivity contribution in [2.75, 3.05) is 0 Å². The van der Waals surface area contributed by atoms with Crippen LogP contribution in [-0.2, 0) is 0 Å². The van der Waals surface area contributed by atoms with E-state index in [1.54, 1.807) is 0 Å². The lowest BCUT2D eigenvalue weighted by molar-refractivity contribution is 1.13. The van der Waals surface area contributed by atoms with Gasteiger partial charge in [0.25, 0.3) is 0 Å². The highest BCUT2D eigenvalue weighted by Gasteiger charge is 2.20. The Bertz CT molecular complexity index is 5090. The number of hydrogen-bond donors (Lipinski definition) is 0. The Kier molecular flexibility index (Phi) is 8.71. The molecule has 0 amide bonds. The van der Waals surface area contributed by atoms with Gasteiger partial charge >= 0.3 is 0 Å².